The molecule has 1 aliphatic rings. The number of hydrogen-bond donors (Lipinski definition) is 1. The van der Waals surface area contributed by atoms with E-state index < -0.39 is 10.0 Å². The Labute approximate surface area is 121 Å². The molecule has 1 fully saturated rings. The average Bonchev–Trinajstić information content (AvgIpc) is 2.33. The van der Waals surface area contributed by atoms with E-state index >= 15 is 0 Å². The van der Waals surface area contributed by atoms with Crippen molar-refractivity contribution < 1.29 is 8.42 Å². The summed E-state index contributed by atoms with van der Waals surface area (Å²) in [4.78, 5) is 0.143. The van der Waals surface area contributed by atoms with Crippen molar-refractivity contribution in [2.24, 2.45) is 0 Å². The summed E-state index contributed by atoms with van der Waals surface area (Å²) in [5, 5.41) is 0.237. The zero-order valence-corrected chi connectivity index (χ0v) is 13.0. The zero-order chi connectivity index (χ0) is 13.2. The molecule has 18 heavy (non-hydrogen) atoms. The molecule has 0 radical (unpaired) electrons. The summed E-state index contributed by atoms with van der Waals surface area (Å²) >= 11 is 9.27. The van der Waals surface area contributed by atoms with Crippen LogP contribution in [0.25, 0.3) is 0 Å². The van der Waals surface area contributed by atoms with Crippen LogP contribution in [-0.4, -0.2) is 14.5 Å². The number of halogens is 2. The maximum absolute atomic E-state index is 12.3. The Balaban J connectivity index is 2.22. The van der Waals surface area contributed by atoms with Gasteiger partial charge < -0.3 is 0 Å². The molecule has 100 valence electrons. The Morgan fingerprint density at radius 3 is 2.56 bits per heavy atom. The Bertz CT molecular complexity index is 527. The van der Waals surface area contributed by atoms with Crippen LogP contribution in [0.2, 0.25) is 5.02 Å². The lowest BCUT2D eigenvalue weighted by molar-refractivity contribution is 0.412. The lowest BCUT2D eigenvalue weighted by Gasteiger charge is -2.22. The minimum Gasteiger partial charge on any atom is -0.208 e. The number of sulfonamides is 1. The van der Waals surface area contributed by atoms with Crippen molar-refractivity contribution in [3.8, 4) is 0 Å². The number of hydrogen-bond acceptors (Lipinski definition) is 2. The number of rotatable bonds is 3. The maximum Gasteiger partial charge on any atom is 0.242 e. The van der Waals surface area contributed by atoms with Gasteiger partial charge in [-0.1, -0.05) is 36.9 Å². The third-order valence-corrected chi connectivity index (χ3v) is 6.10. The summed E-state index contributed by atoms with van der Waals surface area (Å²) < 4.78 is 27.9. The van der Waals surface area contributed by atoms with E-state index in [0.717, 1.165) is 25.7 Å². The third kappa shape index (κ3) is 3.26. The van der Waals surface area contributed by atoms with E-state index in [2.05, 4.69) is 20.7 Å². The van der Waals surface area contributed by atoms with Gasteiger partial charge in [-0.2, -0.15) is 0 Å². The Hall–Kier alpha value is -0.100. The lowest BCUT2D eigenvalue weighted by atomic mass is 9.96. The molecule has 1 aromatic rings. The zero-order valence-electron chi connectivity index (χ0n) is 9.83. The number of benzene rings is 1. The molecule has 0 aromatic heterocycles. The van der Waals surface area contributed by atoms with Crippen LogP contribution in [0.1, 0.15) is 32.1 Å². The van der Waals surface area contributed by atoms with E-state index in [1.54, 1.807) is 12.1 Å². The van der Waals surface area contributed by atoms with Crippen molar-refractivity contribution in [3.63, 3.8) is 0 Å². The van der Waals surface area contributed by atoms with Gasteiger partial charge in [0.15, 0.2) is 0 Å². The summed E-state index contributed by atoms with van der Waals surface area (Å²) in [6, 6.07) is 4.96. The molecule has 2 rings (SSSR count). The van der Waals surface area contributed by atoms with Gasteiger partial charge in [-0.15, -0.1) is 0 Å². The van der Waals surface area contributed by atoms with Gasteiger partial charge in [0.2, 0.25) is 10.0 Å². The van der Waals surface area contributed by atoms with Crippen LogP contribution < -0.4 is 4.72 Å². The van der Waals surface area contributed by atoms with Crippen LogP contribution in [0.3, 0.4) is 0 Å². The van der Waals surface area contributed by atoms with E-state index in [1.807, 2.05) is 0 Å². The highest BCUT2D eigenvalue weighted by Crippen LogP contribution is 2.30. The van der Waals surface area contributed by atoms with Gasteiger partial charge in [-0.3, -0.25) is 0 Å². The highest BCUT2D eigenvalue weighted by molar-refractivity contribution is 9.10. The SMILES string of the molecule is O=S(=O)(NC1CCCCC1)c1cccc(Br)c1Cl. The van der Waals surface area contributed by atoms with Gasteiger partial charge in [0.25, 0.3) is 0 Å². The minimum atomic E-state index is -3.53. The molecule has 3 nitrogen and oxygen atoms in total. The fourth-order valence-electron chi connectivity index (χ4n) is 2.19. The van der Waals surface area contributed by atoms with Crippen LogP contribution >= 0.6 is 27.5 Å². The summed E-state index contributed by atoms with van der Waals surface area (Å²) in [6.07, 6.45) is 5.17. The molecule has 0 bridgehead atoms. The van der Waals surface area contributed by atoms with Gasteiger partial charge >= 0.3 is 0 Å². The summed E-state index contributed by atoms with van der Waals surface area (Å²) in [7, 11) is -3.53. The molecule has 0 spiro atoms. The molecule has 0 atom stereocenters. The van der Waals surface area contributed by atoms with Gasteiger partial charge in [0.1, 0.15) is 4.90 Å². The molecular weight excluding hydrogens is 338 g/mol. The average molecular weight is 353 g/mol. The minimum absolute atomic E-state index is 0.0406. The molecule has 0 heterocycles. The molecule has 0 aliphatic heterocycles. The van der Waals surface area contributed by atoms with Crippen LogP contribution in [0.4, 0.5) is 0 Å². The Morgan fingerprint density at radius 1 is 1.22 bits per heavy atom. The summed E-state index contributed by atoms with van der Waals surface area (Å²) in [5.41, 5.74) is 0. The molecule has 0 amide bonds. The summed E-state index contributed by atoms with van der Waals surface area (Å²) in [6.45, 7) is 0. The van der Waals surface area contributed by atoms with E-state index in [9.17, 15) is 8.42 Å². The fourth-order valence-corrected chi connectivity index (χ4v) is 4.53. The fraction of sp³-hybridized carbons (Fsp3) is 0.500. The molecule has 6 heteroatoms. The van der Waals surface area contributed by atoms with E-state index in [0.29, 0.717) is 4.47 Å². The van der Waals surface area contributed by atoms with Crippen molar-refractivity contribution in [2.75, 3.05) is 0 Å². The number of nitrogens with one attached hydrogen (secondary N) is 1. The maximum atomic E-state index is 12.3. The van der Waals surface area contributed by atoms with Crippen LogP contribution in [-0.2, 0) is 10.0 Å². The second kappa shape index (κ2) is 5.90. The first-order chi connectivity index (χ1) is 8.50. The van der Waals surface area contributed by atoms with Gasteiger partial charge in [0, 0.05) is 10.5 Å². The van der Waals surface area contributed by atoms with Crippen LogP contribution in [0, 0.1) is 0 Å². The Kier molecular flexibility index (Phi) is 4.69. The summed E-state index contributed by atoms with van der Waals surface area (Å²) in [5.74, 6) is 0. The Morgan fingerprint density at radius 2 is 1.89 bits per heavy atom. The molecule has 1 saturated carbocycles. The first-order valence-corrected chi connectivity index (χ1v) is 8.62. The van der Waals surface area contributed by atoms with Crippen LogP contribution in [0.5, 0.6) is 0 Å². The van der Waals surface area contributed by atoms with E-state index in [4.69, 9.17) is 11.6 Å². The lowest BCUT2D eigenvalue weighted by Crippen LogP contribution is -2.36. The quantitative estimate of drug-likeness (QED) is 0.901. The standard InChI is InChI=1S/C12H15BrClNO2S/c13-10-7-4-8-11(12(10)14)18(16,17)15-9-5-2-1-3-6-9/h4,7-9,15H,1-3,5-6H2. The van der Waals surface area contributed by atoms with Crippen LogP contribution in [0.15, 0.2) is 27.6 Å². The van der Waals surface area contributed by atoms with Gasteiger partial charge in [-0.25, -0.2) is 13.1 Å². The van der Waals surface area contributed by atoms with Crippen molar-refractivity contribution >= 4 is 37.6 Å². The van der Waals surface area contributed by atoms with E-state index in [-0.39, 0.29) is 16.0 Å². The molecule has 1 aromatic carbocycles. The smallest absolute Gasteiger partial charge is 0.208 e. The first kappa shape index (κ1) is 14.3. The normalized spacial score (nSPS) is 17.9. The van der Waals surface area contributed by atoms with Crippen molar-refractivity contribution in [1.82, 2.24) is 4.72 Å². The molecule has 1 aliphatic carbocycles. The van der Waals surface area contributed by atoms with Crippen molar-refractivity contribution in [3.05, 3.63) is 27.7 Å². The first-order valence-electron chi connectivity index (χ1n) is 5.97. The predicted octanol–water partition coefficient (Wildman–Crippen LogP) is 3.71. The second-order valence-electron chi connectivity index (χ2n) is 4.51. The van der Waals surface area contributed by atoms with Gasteiger partial charge in [0.05, 0.1) is 5.02 Å². The monoisotopic (exact) mass is 351 g/mol. The van der Waals surface area contributed by atoms with Crippen molar-refractivity contribution in [2.45, 2.75) is 43.0 Å². The molecule has 0 saturated heterocycles. The molecule has 0 unspecified atom stereocenters. The topological polar surface area (TPSA) is 46.2 Å². The third-order valence-electron chi connectivity index (χ3n) is 3.13. The molecular formula is C12H15BrClNO2S. The molecule has 1 N–H and O–H groups in total. The second-order valence-corrected chi connectivity index (χ2v) is 7.42. The largest absolute Gasteiger partial charge is 0.242 e. The van der Waals surface area contributed by atoms with Gasteiger partial charge in [-0.05, 0) is 40.9 Å². The highest BCUT2D eigenvalue weighted by atomic mass is 79.9. The predicted molar refractivity (Wildman–Crippen MR) is 76.3 cm³/mol. The highest BCUT2D eigenvalue weighted by Gasteiger charge is 2.24. The van der Waals surface area contributed by atoms with E-state index in [1.165, 1.54) is 12.5 Å². The van der Waals surface area contributed by atoms with Crippen molar-refractivity contribution in [1.29, 1.82) is 0 Å².